The highest BCUT2D eigenvalue weighted by Crippen LogP contribution is 2.27. The van der Waals surface area contributed by atoms with Crippen molar-refractivity contribution in [3.05, 3.63) is 77.4 Å². The molecule has 0 spiro atoms. The molecule has 5 rings (SSSR count). The largest absolute Gasteiger partial charge is 0.354 e. The van der Waals surface area contributed by atoms with Crippen LogP contribution in [-0.2, 0) is 11.3 Å². The molecule has 162 valence electrons. The number of imidazole rings is 1. The molecule has 32 heavy (non-hydrogen) atoms. The second-order valence-corrected chi connectivity index (χ2v) is 8.54. The first kappa shape index (κ1) is 20.5. The van der Waals surface area contributed by atoms with Gasteiger partial charge in [0.25, 0.3) is 0 Å². The van der Waals surface area contributed by atoms with Crippen molar-refractivity contribution in [3.8, 4) is 11.3 Å². The summed E-state index contributed by atoms with van der Waals surface area (Å²) in [6, 6.07) is 19.5. The molecular formula is C24H23ClN6O. The predicted molar refractivity (Wildman–Crippen MR) is 127 cm³/mol. The van der Waals surface area contributed by atoms with E-state index in [-0.39, 0.29) is 11.9 Å². The lowest BCUT2D eigenvalue weighted by Crippen LogP contribution is -2.27. The van der Waals surface area contributed by atoms with Crippen molar-refractivity contribution in [2.45, 2.75) is 19.0 Å². The first-order valence-electron chi connectivity index (χ1n) is 10.4. The molecule has 0 aliphatic carbocycles. The van der Waals surface area contributed by atoms with E-state index < -0.39 is 0 Å². The maximum Gasteiger partial charge on any atom is 0.228 e. The van der Waals surface area contributed by atoms with E-state index in [0.717, 1.165) is 39.0 Å². The summed E-state index contributed by atoms with van der Waals surface area (Å²) in [5, 5.41) is 5.54. The summed E-state index contributed by atoms with van der Waals surface area (Å²) >= 11 is 6.12. The van der Waals surface area contributed by atoms with Gasteiger partial charge in [0.15, 0.2) is 5.65 Å². The van der Waals surface area contributed by atoms with Gasteiger partial charge in [-0.15, -0.1) is 5.10 Å². The van der Waals surface area contributed by atoms with Gasteiger partial charge >= 0.3 is 0 Å². The fraction of sp³-hybridized carbons (Fsp3) is 0.208. The van der Waals surface area contributed by atoms with E-state index in [9.17, 15) is 4.79 Å². The Morgan fingerprint density at radius 1 is 1.16 bits per heavy atom. The average molecular weight is 447 g/mol. The fourth-order valence-corrected chi connectivity index (χ4v) is 4.26. The Morgan fingerprint density at radius 2 is 1.97 bits per heavy atom. The quantitative estimate of drug-likeness (QED) is 0.505. The number of nitrogens with two attached hydrogens (primary N) is 1. The average Bonchev–Trinajstić information content (AvgIpc) is 3.35. The molecule has 2 aromatic heterocycles. The van der Waals surface area contributed by atoms with Crippen LogP contribution in [-0.4, -0.2) is 40.1 Å². The molecule has 0 saturated carbocycles. The lowest BCUT2D eigenvalue weighted by molar-refractivity contribution is -0.117. The highest BCUT2D eigenvalue weighted by atomic mass is 35.5. The molecule has 2 N–H and O–H groups in total. The van der Waals surface area contributed by atoms with E-state index in [1.807, 2.05) is 78.4 Å². The van der Waals surface area contributed by atoms with Gasteiger partial charge in [-0.05, 0) is 42.0 Å². The van der Waals surface area contributed by atoms with E-state index in [2.05, 4.69) is 9.88 Å². The maximum atomic E-state index is 12.1. The zero-order chi connectivity index (χ0) is 22.2. The molecular weight excluding hydrogens is 424 g/mol. The highest BCUT2D eigenvalue weighted by molar-refractivity contribution is 6.30. The zero-order valence-corrected chi connectivity index (χ0v) is 18.4. The normalized spacial score (nSPS) is 16.2. The number of carbonyl (C=O) groups excluding carboxylic acids is 1. The summed E-state index contributed by atoms with van der Waals surface area (Å²) in [4.78, 5) is 20.4. The smallest absolute Gasteiger partial charge is 0.228 e. The molecule has 1 amide bonds. The zero-order valence-electron chi connectivity index (χ0n) is 17.6. The number of fused-ring (bicyclic) bond motifs is 1. The van der Waals surface area contributed by atoms with Gasteiger partial charge in [0, 0.05) is 48.9 Å². The molecule has 1 atom stereocenters. The minimum atomic E-state index is -0.104. The van der Waals surface area contributed by atoms with Crippen molar-refractivity contribution in [3.63, 3.8) is 0 Å². The van der Waals surface area contributed by atoms with Crippen LogP contribution in [0, 0.1) is 0 Å². The SMILES string of the molecule is CN(Cc1cccc(Cl)c1)c1ccc2ncc(-c3ccc(N4CC(N)CC4=O)cc3)n2n1. The van der Waals surface area contributed by atoms with Gasteiger partial charge in [0.05, 0.1) is 11.9 Å². The van der Waals surface area contributed by atoms with Crippen LogP contribution < -0.4 is 15.5 Å². The first-order chi connectivity index (χ1) is 15.5. The van der Waals surface area contributed by atoms with Gasteiger partial charge in [-0.1, -0.05) is 35.9 Å². The maximum absolute atomic E-state index is 12.1. The topological polar surface area (TPSA) is 79.8 Å². The number of hydrogen-bond donors (Lipinski definition) is 1. The number of nitrogens with zero attached hydrogens (tertiary/aromatic N) is 5. The van der Waals surface area contributed by atoms with E-state index >= 15 is 0 Å². The van der Waals surface area contributed by atoms with E-state index in [4.69, 9.17) is 22.4 Å². The molecule has 3 heterocycles. The van der Waals surface area contributed by atoms with Crippen LogP contribution in [0.1, 0.15) is 12.0 Å². The summed E-state index contributed by atoms with van der Waals surface area (Å²) in [6.45, 7) is 1.24. The van der Waals surface area contributed by atoms with Gasteiger partial charge in [-0.3, -0.25) is 4.79 Å². The molecule has 1 aliphatic rings. The van der Waals surface area contributed by atoms with Crippen LogP contribution in [0.15, 0.2) is 66.9 Å². The van der Waals surface area contributed by atoms with Crippen molar-refractivity contribution < 1.29 is 4.79 Å². The van der Waals surface area contributed by atoms with E-state index in [1.54, 1.807) is 4.90 Å². The number of anilines is 2. The Bertz CT molecular complexity index is 1290. The minimum absolute atomic E-state index is 0.0640. The Kier molecular flexibility index (Phi) is 5.28. The lowest BCUT2D eigenvalue weighted by atomic mass is 10.1. The molecule has 0 bridgehead atoms. The Labute approximate surface area is 191 Å². The van der Waals surface area contributed by atoms with Crippen LogP contribution in [0.5, 0.6) is 0 Å². The Hall–Kier alpha value is -3.42. The fourth-order valence-electron chi connectivity index (χ4n) is 4.05. The van der Waals surface area contributed by atoms with Crippen molar-refractivity contribution in [2.24, 2.45) is 5.73 Å². The van der Waals surface area contributed by atoms with E-state index in [1.165, 1.54) is 0 Å². The minimum Gasteiger partial charge on any atom is -0.354 e. The van der Waals surface area contributed by atoms with Gasteiger partial charge in [0.2, 0.25) is 5.91 Å². The summed E-state index contributed by atoms with van der Waals surface area (Å²) in [5.41, 5.74) is 10.5. The Morgan fingerprint density at radius 3 is 2.69 bits per heavy atom. The standard InChI is InChI=1S/C24H23ClN6O/c1-29(14-16-3-2-4-18(25)11-16)23-10-9-22-27-13-21(31(22)28-23)17-5-7-20(8-6-17)30-15-19(26)12-24(30)32/h2-11,13,19H,12,14-15,26H2,1H3. The number of aromatic nitrogens is 3. The molecule has 1 aliphatic heterocycles. The predicted octanol–water partition coefficient (Wildman–Crippen LogP) is 3.75. The summed E-state index contributed by atoms with van der Waals surface area (Å²) < 4.78 is 1.84. The van der Waals surface area contributed by atoms with Crippen LogP contribution in [0.2, 0.25) is 5.02 Å². The number of halogens is 1. The monoisotopic (exact) mass is 446 g/mol. The second-order valence-electron chi connectivity index (χ2n) is 8.11. The van der Waals surface area contributed by atoms with Crippen molar-refractivity contribution in [1.82, 2.24) is 14.6 Å². The second kappa shape index (κ2) is 8.26. The molecule has 4 aromatic rings. The molecule has 1 unspecified atom stereocenters. The summed E-state index contributed by atoms with van der Waals surface area (Å²) in [7, 11) is 2.00. The van der Waals surface area contributed by atoms with Crippen LogP contribution >= 0.6 is 11.6 Å². The molecule has 0 radical (unpaired) electrons. The van der Waals surface area contributed by atoms with Crippen LogP contribution in [0.4, 0.5) is 11.5 Å². The molecule has 2 aromatic carbocycles. The lowest BCUT2D eigenvalue weighted by Gasteiger charge is -2.19. The van der Waals surface area contributed by atoms with Crippen LogP contribution in [0.25, 0.3) is 16.9 Å². The number of carbonyl (C=O) groups is 1. The van der Waals surface area contributed by atoms with Gasteiger partial charge < -0.3 is 15.5 Å². The third-order valence-electron chi connectivity index (χ3n) is 5.68. The van der Waals surface area contributed by atoms with Gasteiger partial charge in [0.1, 0.15) is 5.82 Å². The molecule has 8 heteroatoms. The molecule has 7 nitrogen and oxygen atoms in total. The third-order valence-corrected chi connectivity index (χ3v) is 5.91. The molecule has 1 fully saturated rings. The van der Waals surface area contributed by atoms with Crippen LogP contribution in [0.3, 0.4) is 0 Å². The van der Waals surface area contributed by atoms with Crippen molar-refractivity contribution >= 4 is 34.7 Å². The summed E-state index contributed by atoms with van der Waals surface area (Å²) in [6.07, 6.45) is 2.21. The number of benzene rings is 2. The van der Waals surface area contributed by atoms with Crippen molar-refractivity contribution in [2.75, 3.05) is 23.4 Å². The third kappa shape index (κ3) is 3.92. The number of hydrogen-bond acceptors (Lipinski definition) is 5. The summed E-state index contributed by atoms with van der Waals surface area (Å²) in [5.74, 6) is 0.888. The van der Waals surface area contributed by atoms with Gasteiger partial charge in [-0.2, -0.15) is 0 Å². The van der Waals surface area contributed by atoms with Crippen molar-refractivity contribution in [1.29, 1.82) is 0 Å². The Balaban J connectivity index is 1.42. The molecule has 1 saturated heterocycles. The number of amides is 1. The highest BCUT2D eigenvalue weighted by Gasteiger charge is 2.28. The first-order valence-corrected chi connectivity index (χ1v) is 10.8. The van der Waals surface area contributed by atoms with E-state index in [0.29, 0.717) is 19.5 Å². The van der Waals surface area contributed by atoms with Gasteiger partial charge in [-0.25, -0.2) is 9.50 Å². The number of rotatable bonds is 5.